The molecule has 0 aromatic carbocycles. The van der Waals surface area contributed by atoms with Gasteiger partial charge in [0.2, 0.25) is 0 Å². The van der Waals surface area contributed by atoms with Crippen LogP contribution in [0.4, 0.5) is 0 Å². The molecule has 0 aliphatic heterocycles. The van der Waals surface area contributed by atoms with E-state index in [-0.39, 0.29) is 5.69 Å². The summed E-state index contributed by atoms with van der Waals surface area (Å²) in [4.78, 5) is 10.6. The topological polar surface area (TPSA) is 55.1 Å². The number of hydrogen-bond donors (Lipinski definition) is 1. The van der Waals surface area contributed by atoms with Crippen molar-refractivity contribution in [3.63, 3.8) is 0 Å². The van der Waals surface area contributed by atoms with Gasteiger partial charge in [0.25, 0.3) is 0 Å². The van der Waals surface area contributed by atoms with Crippen molar-refractivity contribution >= 4 is 5.97 Å². The summed E-state index contributed by atoms with van der Waals surface area (Å²) in [7, 11) is 0. The van der Waals surface area contributed by atoms with Crippen molar-refractivity contribution in [1.29, 1.82) is 0 Å². The van der Waals surface area contributed by atoms with Crippen LogP contribution in [-0.4, -0.2) is 20.9 Å². The lowest BCUT2D eigenvalue weighted by Crippen LogP contribution is -2.02. The van der Waals surface area contributed by atoms with Crippen molar-refractivity contribution in [2.75, 3.05) is 0 Å². The summed E-state index contributed by atoms with van der Waals surface area (Å²) in [6.07, 6.45) is 10.5. The fraction of sp³-hybridized carbons (Fsp3) is 0.692. The molecule has 0 radical (unpaired) electrons. The quantitative estimate of drug-likeness (QED) is 0.671. The maximum atomic E-state index is 10.6. The van der Waals surface area contributed by atoms with Crippen LogP contribution in [0, 0.1) is 0 Å². The zero-order chi connectivity index (χ0) is 12.5. The van der Waals surface area contributed by atoms with Gasteiger partial charge in [0.1, 0.15) is 0 Å². The van der Waals surface area contributed by atoms with Crippen LogP contribution in [0.25, 0.3) is 0 Å². The molecular formula is C13H22N2O2. The first-order valence-electron chi connectivity index (χ1n) is 6.50. The zero-order valence-electron chi connectivity index (χ0n) is 10.6. The molecule has 0 unspecified atom stereocenters. The number of hydrogen-bond acceptors (Lipinski definition) is 2. The van der Waals surface area contributed by atoms with Crippen molar-refractivity contribution in [1.82, 2.24) is 9.78 Å². The van der Waals surface area contributed by atoms with Crippen LogP contribution in [0.1, 0.15) is 62.4 Å². The first kappa shape index (κ1) is 13.7. The lowest BCUT2D eigenvalue weighted by atomic mass is 10.1. The minimum absolute atomic E-state index is 0.132. The van der Waals surface area contributed by atoms with Crippen molar-refractivity contribution < 1.29 is 9.90 Å². The first-order valence-corrected chi connectivity index (χ1v) is 6.50. The largest absolute Gasteiger partial charge is 0.476 e. The maximum absolute atomic E-state index is 10.6. The fourth-order valence-corrected chi connectivity index (χ4v) is 1.83. The van der Waals surface area contributed by atoms with E-state index in [2.05, 4.69) is 12.0 Å². The lowest BCUT2D eigenvalue weighted by molar-refractivity contribution is 0.0689. The molecule has 0 saturated carbocycles. The smallest absolute Gasteiger partial charge is 0.356 e. The summed E-state index contributed by atoms with van der Waals surface area (Å²) in [6, 6.07) is 1.55. The van der Waals surface area contributed by atoms with Crippen molar-refractivity contribution in [2.45, 2.75) is 58.4 Å². The van der Waals surface area contributed by atoms with E-state index in [1.807, 2.05) is 0 Å². The number of rotatable bonds is 9. The Morgan fingerprint density at radius 2 is 1.88 bits per heavy atom. The predicted octanol–water partition coefficient (Wildman–Crippen LogP) is 3.33. The van der Waals surface area contributed by atoms with Crippen molar-refractivity contribution in [3.8, 4) is 0 Å². The monoisotopic (exact) mass is 238 g/mol. The summed E-state index contributed by atoms with van der Waals surface area (Å²) >= 11 is 0. The third kappa shape index (κ3) is 5.52. The molecule has 96 valence electrons. The highest BCUT2D eigenvalue weighted by Crippen LogP contribution is 2.07. The van der Waals surface area contributed by atoms with Crippen LogP contribution in [0.3, 0.4) is 0 Å². The van der Waals surface area contributed by atoms with E-state index >= 15 is 0 Å². The highest BCUT2D eigenvalue weighted by Gasteiger charge is 2.05. The van der Waals surface area contributed by atoms with Crippen LogP contribution in [-0.2, 0) is 6.54 Å². The van der Waals surface area contributed by atoms with Crippen LogP contribution >= 0.6 is 0 Å². The minimum atomic E-state index is -0.955. The average molecular weight is 238 g/mol. The SMILES string of the molecule is CCCCCCCCCn1ccc(C(=O)O)n1. The van der Waals surface area contributed by atoms with Gasteiger partial charge in [-0.1, -0.05) is 45.4 Å². The van der Waals surface area contributed by atoms with Crippen molar-refractivity contribution in [3.05, 3.63) is 18.0 Å². The maximum Gasteiger partial charge on any atom is 0.356 e. The molecule has 4 nitrogen and oxygen atoms in total. The molecule has 0 aliphatic carbocycles. The fourth-order valence-electron chi connectivity index (χ4n) is 1.83. The van der Waals surface area contributed by atoms with Crippen LogP contribution in [0.15, 0.2) is 12.3 Å². The molecule has 0 bridgehead atoms. The van der Waals surface area contributed by atoms with Gasteiger partial charge >= 0.3 is 5.97 Å². The second kappa shape index (κ2) is 7.87. The van der Waals surface area contributed by atoms with Crippen molar-refractivity contribution in [2.24, 2.45) is 0 Å². The average Bonchev–Trinajstić information content (AvgIpc) is 2.77. The van der Waals surface area contributed by atoms with Crippen LogP contribution < -0.4 is 0 Å². The van der Waals surface area contributed by atoms with Gasteiger partial charge in [-0.05, 0) is 12.5 Å². The number of aromatic carboxylic acids is 1. The minimum Gasteiger partial charge on any atom is -0.476 e. The van der Waals surface area contributed by atoms with E-state index in [0.717, 1.165) is 13.0 Å². The molecule has 0 fully saturated rings. The Bertz CT molecular complexity index is 334. The number of carboxylic acids is 1. The summed E-state index contributed by atoms with van der Waals surface area (Å²) in [5.74, 6) is -0.955. The Hall–Kier alpha value is -1.32. The molecule has 0 saturated heterocycles. The number of aryl methyl sites for hydroxylation is 1. The second-order valence-corrected chi connectivity index (χ2v) is 4.39. The second-order valence-electron chi connectivity index (χ2n) is 4.39. The predicted molar refractivity (Wildman–Crippen MR) is 67.2 cm³/mol. The number of carbonyl (C=O) groups is 1. The normalized spacial score (nSPS) is 10.6. The summed E-state index contributed by atoms with van der Waals surface area (Å²) in [5, 5.41) is 12.7. The summed E-state index contributed by atoms with van der Waals surface area (Å²) in [6.45, 7) is 3.04. The molecule has 0 amide bonds. The van der Waals surface area contributed by atoms with Gasteiger partial charge in [-0.3, -0.25) is 4.68 Å². The molecule has 0 atom stereocenters. The van der Waals surface area contributed by atoms with Gasteiger partial charge in [0.15, 0.2) is 5.69 Å². The first-order chi connectivity index (χ1) is 8.24. The Morgan fingerprint density at radius 3 is 2.47 bits per heavy atom. The van der Waals surface area contributed by atoms with E-state index in [1.165, 1.54) is 38.5 Å². The molecule has 1 N–H and O–H groups in total. The van der Waals surface area contributed by atoms with Gasteiger partial charge in [0, 0.05) is 12.7 Å². The molecule has 4 heteroatoms. The third-order valence-electron chi connectivity index (χ3n) is 2.85. The number of aromatic nitrogens is 2. The number of carboxylic acid groups (broad SMARTS) is 1. The van der Waals surface area contributed by atoms with E-state index < -0.39 is 5.97 Å². The Labute approximate surface area is 103 Å². The molecule has 17 heavy (non-hydrogen) atoms. The lowest BCUT2D eigenvalue weighted by Gasteiger charge is -2.02. The van der Waals surface area contributed by atoms with Gasteiger partial charge in [-0.2, -0.15) is 5.10 Å². The van der Waals surface area contributed by atoms with Gasteiger partial charge in [-0.25, -0.2) is 4.79 Å². The number of unbranched alkanes of at least 4 members (excludes halogenated alkanes) is 6. The highest BCUT2D eigenvalue weighted by molar-refractivity contribution is 5.84. The number of nitrogens with zero attached hydrogens (tertiary/aromatic N) is 2. The van der Waals surface area contributed by atoms with E-state index in [1.54, 1.807) is 16.9 Å². The molecule has 0 aliphatic rings. The Kier molecular flexibility index (Phi) is 6.37. The van der Waals surface area contributed by atoms with Gasteiger partial charge in [0.05, 0.1) is 0 Å². The standard InChI is InChI=1S/C13H22N2O2/c1-2-3-4-5-6-7-8-10-15-11-9-12(14-15)13(16)17/h9,11H,2-8,10H2,1H3,(H,16,17). The molecular weight excluding hydrogens is 216 g/mol. The molecule has 1 aromatic rings. The zero-order valence-corrected chi connectivity index (χ0v) is 10.6. The molecule has 1 aromatic heterocycles. The molecule has 0 spiro atoms. The van der Waals surface area contributed by atoms with Gasteiger partial charge in [-0.15, -0.1) is 0 Å². The third-order valence-corrected chi connectivity index (χ3v) is 2.85. The van der Waals surface area contributed by atoms with E-state index in [9.17, 15) is 4.79 Å². The van der Waals surface area contributed by atoms with E-state index in [4.69, 9.17) is 5.11 Å². The Morgan fingerprint density at radius 1 is 1.24 bits per heavy atom. The summed E-state index contributed by atoms with van der Waals surface area (Å²) in [5.41, 5.74) is 0.132. The van der Waals surface area contributed by atoms with Crippen LogP contribution in [0.5, 0.6) is 0 Å². The highest BCUT2D eigenvalue weighted by atomic mass is 16.4. The van der Waals surface area contributed by atoms with E-state index in [0.29, 0.717) is 0 Å². The Balaban J connectivity index is 2.07. The van der Waals surface area contributed by atoms with Crippen LogP contribution in [0.2, 0.25) is 0 Å². The summed E-state index contributed by atoms with van der Waals surface area (Å²) < 4.78 is 1.72. The van der Waals surface area contributed by atoms with Gasteiger partial charge < -0.3 is 5.11 Å². The molecule has 1 heterocycles. The molecule has 1 rings (SSSR count).